The molecule has 6 nitrogen and oxygen atoms in total. The molecule has 0 bridgehead atoms. The van der Waals surface area contributed by atoms with E-state index in [0.29, 0.717) is 18.1 Å². The molecule has 1 atom stereocenters. The van der Waals surface area contributed by atoms with Crippen LogP contribution in [0.2, 0.25) is 0 Å². The third kappa shape index (κ3) is 4.44. The van der Waals surface area contributed by atoms with Crippen LogP contribution in [0.15, 0.2) is 54.6 Å². The van der Waals surface area contributed by atoms with E-state index in [0.717, 1.165) is 5.56 Å². The van der Waals surface area contributed by atoms with Crippen molar-refractivity contribution in [2.45, 2.75) is 12.6 Å². The van der Waals surface area contributed by atoms with E-state index < -0.39 is 10.2 Å². The molecule has 0 aromatic heterocycles. The Balaban J connectivity index is 1.50. The number of para-hydroxylation sites is 2. The van der Waals surface area contributed by atoms with Crippen molar-refractivity contribution in [3.8, 4) is 11.5 Å². The lowest BCUT2D eigenvalue weighted by Crippen LogP contribution is -2.44. The summed E-state index contributed by atoms with van der Waals surface area (Å²) in [5.74, 6) is 1.30. The third-order valence-electron chi connectivity index (χ3n) is 3.38. The topological polar surface area (TPSA) is 76.7 Å². The molecule has 1 aliphatic heterocycles. The van der Waals surface area contributed by atoms with Crippen molar-refractivity contribution in [2.75, 3.05) is 13.2 Å². The minimum Gasteiger partial charge on any atom is -0.486 e. The highest BCUT2D eigenvalue weighted by atomic mass is 32.2. The second kappa shape index (κ2) is 6.99. The standard InChI is InChI=1S/C16H18N2O4S/c19-23(20,17-10-13-6-2-1-3-7-13)18-11-14-12-21-15-8-4-5-9-16(15)22-14/h1-9,14,17-18H,10-12H2/t14-/m0/s1. The number of hydrogen-bond acceptors (Lipinski definition) is 4. The van der Waals surface area contributed by atoms with Crippen molar-refractivity contribution in [1.29, 1.82) is 0 Å². The highest BCUT2D eigenvalue weighted by Gasteiger charge is 2.22. The normalized spacial score (nSPS) is 17.0. The molecule has 122 valence electrons. The summed E-state index contributed by atoms with van der Waals surface area (Å²) >= 11 is 0. The van der Waals surface area contributed by atoms with E-state index in [1.165, 1.54) is 0 Å². The molecule has 2 N–H and O–H groups in total. The van der Waals surface area contributed by atoms with Crippen molar-refractivity contribution in [3.05, 3.63) is 60.2 Å². The van der Waals surface area contributed by atoms with Gasteiger partial charge in [-0.3, -0.25) is 0 Å². The van der Waals surface area contributed by atoms with Crippen LogP contribution in [0.3, 0.4) is 0 Å². The zero-order chi connectivity index (χ0) is 16.1. The molecule has 0 unspecified atom stereocenters. The summed E-state index contributed by atoms with van der Waals surface area (Å²) in [6.45, 7) is 0.678. The first-order valence-corrected chi connectivity index (χ1v) is 8.77. The van der Waals surface area contributed by atoms with Crippen molar-refractivity contribution in [2.24, 2.45) is 0 Å². The van der Waals surface area contributed by atoms with Gasteiger partial charge in [0.15, 0.2) is 11.5 Å². The lowest BCUT2D eigenvalue weighted by molar-refractivity contribution is 0.0942. The van der Waals surface area contributed by atoms with Crippen LogP contribution in [0.4, 0.5) is 0 Å². The number of ether oxygens (including phenoxy) is 2. The lowest BCUT2D eigenvalue weighted by Gasteiger charge is -2.26. The van der Waals surface area contributed by atoms with E-state index in [-0.39, 0.29) is 19.2 Å². The summed E-state index contributed by atoms with van der Waals surface area (Å²) in [7, 11) is -3.59. The van der Waals surface area contributed by atoms with Crippen LogP contribution in [-0.4, -0.2) is 27.7 Å². The smallest absolute Gasteiger partial charge is 0.277 e. The molecule has 0 saturated heterocycles. The van der Waals surface area contributed by atoms with E-state index in [4.69, 9.17) is 9.47 Å². The summed E-state index contributed by atoms with van der Waals surface area (Å²) in [4.78, 5) is 0. The maximum Gasteiger partial charge on any atom is 0.277 e. The average Bonchev–Trinajstić information content (AvgIpc) is 2.59. The van der Waals surface area contributed by atoms with E-state index in [2.05, 4.69) is 9.44 Å². The second-order valence-electron chi connectivity index (χ2n) is 5.16. The Morgan fingerprint density at radius 1 is 0.957 bits per heavy atom. The summed E-state index contributed by atoms with van der Waals surface area (Å²) in [5, 5.41) is 0. The highest BCUT2D eigenvalue weighted by molar-refractivity contribution is 7.87. The maximum atomic E-state index is 12.0. The fourth-order valence-electron chi connectivity index (χ4n) is 2.19. The van der Waals surface area contributed by atoms with Gasteiger partial charge in [0.1, 0.15) is 12.7 Å². The van der Waals surface area contributed by atoms with Crippen LogP contribution >= 0.6 is 0 Å². The Bertz CT molecular complexity index is 750. The van der Waals surface area contributed by atoms with Crippen LogP contribution in [0, 0.1) is 0 Å². The summed E-state index contributed by atoms with van der Waals surface area (Å²) in [6.07, 6.45) is -0.363. The van der Waals surface area contributed by atoms with E-state index in [1.807, 2.05) is 48.5 Å². The largest absolute Gasteiger partial charge is 0.486 e. The van der Waals surface area contributed by atoms with Gasteiger partial charge in [-0.2, -0.15) is 17.9 Å². The molecular weight excluding hydrogens is 316 g/mol. The zero-order valence-corrected chi connectivity index (χ0v) is 13.3. The van der Waals surface area contributed by atoms with Crippen LogP contribution in [0.25, 0.3) is 0 Å². The molecule has 0 spiro atoms. The molecule has 23 heavy (non-hydrogen) atoms. The Morgan fingerprint density at radius 2 is 1.65 bits per heavy atom. The van der Waals surface area contributed by atoms with Crippen molar-refractivity contribution in [3.63, 3.8) is 0 Å². The van der Waals surface area contributed by atoms with Crippen molar-refractivity contribution < 1.29 is 17.9 Å². The van der Waals surface area contributed by atoms with Gasteiger partial charge in [0.25, 0.3) is 10.2 Å². The van der Waals surface area contributed by atoms with Gasteiger partial charge in [-0.15, -0.1) is 0 Å². The summed E-state index contributed by atoms with van der Waals surface area (Å²) < 4.78 is 40.2. The second-order valence-corrected chi connectivity index (χ2v) is 6.74. The molecule has 3 rings (SSSR count). The average molecular weight is 334 g/mol. The Hall–Kier alpha value is -2.09. The molecule has 1 aliphatic rings. The van der Waals surface area contributed by atoms with Crippen LogP contribution in [0.1, 0.15) is 5.56 Å². The first-order valence-electron chi connectivity index (χ1n) is 7.29. The number of nitrogens with one attached hydrogen (secondary N) is 2. The van der Waals surface area contributed by atoms with Gasteiger partial charge in [0, 0.05) is 6.54 Å². The first kappa shape index (κ1) is 15.8. The zero-order valence-electron chi connectivity index (χ0n) is 12.4. The minimum absolute atomic E-state index is 0.137. The predicted octanol–water partition coefficient (Wildman–Crippen LogP) is 1.45. The number of benzene rings is 2. The van der Waals surface area contributed by atoms with Crippen molar-refractivity contribution in [1.82, 2.24) is 9.44 Å². The molecule has 0 amide bonds. The molecular formula is C16H18N2O4S. The minimum atomic E-state index is -3.59. The molecule has 2 aromatic rings. The van der Waals surface area contributed by atoms with Gasteiger partial charge in [0.2, 0.25) is 0 Å². The van der Waals surface area contributed by atoms with E-state index in [1.54, 1.807) is 6.07 Å². The fourth-order valence-corrected chi connectivity index (χ4v) is 3.06. The monoisotopic (exact) mass is 334 g/mol. The van der Waals surface area contributed by atoms with Gasteiger partial charge in [0.05, 0.1) is 6.54 Å². The molecule has 0 radical (unpaired) electrons. The molecule has 2 aromatic carbocycles. The Labute approximate surface area is 135 Å². The maximum absolute atomic E-state index is 12.0. The van der Waals surface area contributed by atoms with Crippen LogP contribution < -0.4 is 18.9 Å². The van der Waals surface area contributed by atoms with E-state index >= 15 is 0 Å². The number of fused-ring (bicyclic) bond motifs is 1. The Morgan fingerprint density at radius 3 is 2.43 bits per heavy atom. The molecule has 0 aliphatic carbocycles. The molecule has 7 heteroatoms. The number of rotatable bonds is 6. The van der Waals surface area contributed by atoms with Crippen LogP contribution in [-0.2, 0) is 16.8 Å². The van der Waals surface area contributed by atoms with E-state index in [9.17, 15) is 8.42 Å². The van der Waals surface area contributed by atoms with Gasteiger partial charge < -0.3 is 9.47 Å². The quantitative estimate of drug-likeness (QED) is 0.838. The summed E-state index contributed by atoms with van der Waals surface area (Å²) in [6, 6.07) is 16.6. The van der Waals surface area contributed by atoms with Gasteiger partial charge in [-0.25, -0.2) is 0 Å². The molecule has 1 heterocycles. The first-order chi connectivity index (χ1) is 11.1. The molecule has 0 fully saturated rings. The van der Waals surface area contributed by atoms with Crippen LogP contribution in [0.5, 0.6) is 11.5 Å². The van der Waals surface area contributed by atoms with Gasteiger partial charge >= 0.3 is 0 Å². The third-order valence-corrected chi connectivity index (χ3v) is 4.45. The Kier molecular flexibility index (Phi) is 4.80. The lowest BCUT2D eigenvalue weighted by atomic mass is 10.2. The predicted molar refractivity (Wildman–Crippen MR) is 86.6 cm³/mol. The summed E-state index contributed by atoms with van der Waals surface area (Å²) in [5.41, 5.74) is 0.893. The number of hydrogen-bond donors (Lipinski definition) is 2. The van der Waals surface area contributed by atoms with Gasteiger partial charge in [-0.05, 0) is 17.7 Å². The molecule has 0 saturated carbocycles. The fraction of sp³-hybridized carbons (Fsp3) is 0.250. The highest BCUT2D eigenvalue weighted by Crippen LogP contribution is 2.30. The van der Waals surface area contributed by atoms with Gasteiger partial charge in [-0.1, -0.05) is 42.5 Å². The SMILES string of the molecule is O=S(=O)(NCc1ccccc1)NC[C@H]1COc2ccccc2O1. The van der Waals surface area contributed by atoms with Crippen molar-refractivity contribution >= 4 is 10.2 Å².